The Morgan fingerprint density at radius 1 is 1.23 bits per heavy atom. The Kier molecular flexibility index (Phi) is 6.61. The summed E-state index contributed by atoms with van der Waals surface area (Å²) >= 11 is 1.40. The van der Waals surface area contributed by atoms with Gasteiger partial charge in [0.2, 0.25) is 0 Å². The van der Waals surface area contributed by atoms with Crippen molar-refractivity contribution in [2.75, 3.05) is 18.5 Å². The summed E-state index contributed by atoms with van der Waals surface area (Å²) in [7, 11) is 0. The van der Waals surface area contributed by atoms with Crippen molar-refractivity contribution in [1.29, 1.82) is 0 Å². The molecule has 0 saturated carbocycles. The number of carbonyl (C=O) groups excluding carboxylic acids is 2. The van der Waals surface area contributed by atoms with Crippen molar-refractivity contribution in [3.63, 3.8) is 0 Å². The number of fused-ring (bicyclic) bond motifs is 3. The number of hydrogen-bond acceptors (Lipinski definition) is 7. The SMILES string of the molecule is CCOC(=O)c1sc2ccc3ncccc3c2c1NC[C@@H](C)CC(=O)OC(C)(C)C. The second kappa shape index (κ2) is 9.00. The molecule has 0 bridgehead atoms. The predicted molar refractivity (Wildman–Crippen MR) is 121 cm³/mol. The minimum Gasteiger partial charge on any atom is -0.462 e. The first kappa shape index (κ1) is 22.0. The lowest BCUT2D eigenvalue weighted by atomic mass is 10.1. The Bertz CT molecular complexity index is 1070. The second-order valence-corrected chi connectivity index (χ2v) is 9.36. The number of benzene rings is 1. The van der Waals surface area contributed by atoms with Crippen LogP contribution in [-0.2, 0) is 14.3 Å². The lowest BCUT2D eigenvalue weighted by Crippen LogP contribution is -2.26. The Morgan fingerprint density at radius 3 is 2.70 bits per heavy atom. The predicted octanol–water partition coefficient (Wildman–Crippen LogP) is 5.41. The van der Waals surface area contributed by atoms with E-state index < -0.39 is 5.60 Å². The maximum atomic E-state index is 12.6. The number of carbonyl (C=O) groups is 2. The van der Waals surface area contributed by atoms with Crippen LogP contribution >= 0.6 is 11.3 Å². The van der Waals surface area contributed by atoms with Gasteiger partial charge < -0.3 is 14.8 Å². The number of rotatable bonds is 7. The lowest BCUT2D eigenvalue weighted by Gasteiger charge is -2.21. The van der Waals surface area contributed by atoms with E-state index in [2.05, 4.69) is 10.3 Å². The van der Waals surface area contributed by atoms with Crippen LogP contribution < -0.4 is 5.32 Å². The first-order valence-corrected chi connectivity index (χ1v) is 10.9. The van der Waals surface area contributed by atoms with E-state index in [1.54, 1.807) is 13.1 Å². The lowest BCUT2D eigenvalue weighted by molar-refractivity contribution is -0.155. The summed E-state index contributed by atoms with van der Waals surface area (Å²) in [5.41, 5.74) is 1.10. The number of pyridine rings is 1. The Morgan fingerprint density at radius 2 is 2.00 bits per heavy atom. The van der Waals surface area contributed by atoms with Gasteiger partial charge in [-0.1, -0.05) is 13.0 Å². The second-order valence-electron chi connectivity index (χ2n) is 8.31. The molecule has 0 spiro atoms. The summed E-state index contributed by atoms with van der Waals surface area (Å²) in [4.78, 5) is 29.7. The molecule has 2 aromatic heterocycles. The van der Waals surface area contributed by atoms with Crippen molar-refractivity contribution in [3.8, 4) is 0 Å². The van der Waals surface area contributed by atoms with E-state index in [1.807, 2.05) is 52.0 Å². The highest BCUT2D eigenvalue weighted by molar-refractivity contribution is 7.21. The Labute approximate surface area is 180 Å². The zero-order valence-electron chi connectivity index (χ0n) is 18.1. The van der Waals surface area contributed by atoms with Crippen LogP contribution in [0, 0.1) is 5.92 Å². The summed E-state index contributed by atoms with van der Waals surface area (Å²) in [6.07, 6.45) is 2.05. The molecule has 0 radical (unpaired) electrons. The highest BCUT2D eigenvalue weighted by Gasteiger charge is 2.23. The van der Waals surface area contributed by atoms with Crippen LogP contribution in [0.2, 0.25) is 0 Å². The number of anilines is 1. The van der Waals surface area contributed by atoms with E-state index in [0.717, 1.165) is 26.7 Å². The highest BCUT2D eigenvalue weighted by atomic mass is 32.1. The van der Waals surface area contributed by atoms with Crippen molar-refractivity contribution in [1.82, 2.24) is 4.98 Å². The van der Waals surface area contributed by atoms with E-state index in [-0.39, 0.29) is 17.9 Å². The molecule has 1 N–H and O–H groups in total. The van der Waals surface area contributed by atoms with E-state index in [4.69, 9.17) is 9.47 Å². The normalized spacial score (nSPS) is 12.7. The van der Waals surface area contributed by atoms with Crippen molar-refractivity contribution in [2.45, 2.75) is 46.6 Å². The molecule has 30 heavy (non-hydrogen) atoms. The van der Waals surface area contributed by atoms with Crippen molar-refractivity contribution < 1.29 is 19.1 Å². The van der Waals surface area contributed by atoms with Crippen LogP contribution in [0.15, 0.2) is 30.5 Å². The topological polar surface area (TPSA) is 77.5 Å². The molecule has 0 amide bonds. The third-order valence-corrected chi connectivity index (χ3v) is 5.59. The van der Waals surface area contributed by atoms with Gasteiger partial charge in [-0.05, 0) is 51.8 Å². The monoisotopic (exact) mass is 428 g/mol. The molecule has 1 aromatic carbocycles. The molecular weight excluding hydrogens is 400 g/mol. The molecule has 0 unspecified atom stereocenters. The Balaban J connectivity index is 1.90. The molecule has 0 saturated heterocycles. The van der Waals surface area contributed by atoms with Crippen molar-refractivity contribution in [2.24, 2.45) is 5.92 Å². The number of hydrogen-bond donors (Lipinski definition) is 1. The fourth-order valence-electron chi connectivity index (χ4n) is 3.28. The highest BCUT2D eigenvalue weighted by Crippen LogP contribution is 2.40. The van der Waals surface area contributed by atoms with Crippen LogP contribution in [0.5, 0.6) is 0 Å². The third-order valence-electron chi connectivity index (χ3n) is 4.46. The largest absolute Gasteiger partial charge is 0.462 e. The summed E-state index contributed by atoms with van der Waals surface area (Å²) in [6.45, 7) is 10.2. The number of nitrogens with one attached hydrogen (secondary N) is 1. The van der Waals surface area contributed by atoms with Gasteiger partial charge in [-0.25, -0.2) is 4.79 Å². The molecule has 2 heterocycles. The van der Waals surface area contributed by atoms with Gasteiger partial charge in [0.15, 0.2) is 0 Å². The zero-order chi connectivity index (χ0) is 21.9. The van der Waals surface area contributed by atoms with Gasteiger partial charge in [0, 0.05) is 34.6 Å². The van der Waals surface area contributed by atoms with Crippen LogP contribution in [-0.4, -0.2) is 35.7 Å². The molecule has 160 valence electrons. The number of esters is 2. The maximum absolute atomic E-state index is 12.6. The fourth-order valence-corrected chi connectivity index (χ4v) is 4.36. The van der Waals surface area contributed by atoms with Crippen LogP contribution in [0.4, 0.5) is 5.69 Å². The van der Waals surface area contributed by atoms with Gasteiger partial charge in [0.1, 0.15) is 10.5 Å². The molecule has 7 heteroatoms. The molecule has 0 fully saturated rings. The summed E-state index contributed by atoms with van der Waals surface area (Å²) in [6, 6.07) is 7.82. The summed E-state index contributed by atoms with van der Waals surface area (Å²) in [5, 5.41) is 5.34. The third kappa shape index (κ3) is 5.08. The minimum atomic E-state index is -0.503. The van der Waals surface area contributed by atoms with E-state index in [1.165, 1.54) is 11.3 Å². The van der Waals surface area contributed by atoms with Crippen molar-refractivity contribution >= 4 is 50.0 Å². The quantitative estimate of drug-likeness (QED) is 0.507. The standard InChI is InChI=1S/C23H28N2O4S/c1-6-28-22(27)21-20(25-13-14(2)12-18(26)29-23(3,4)5)19-15-8-7-11-24-16(15)9-10-17(19)30-21/h7-11,14,25H,6,12-13H2,1-5H3/t14-/m0/s1. The first-order chi connectivity index (χ1) is 14.2. The zero-order valence-corrected chi connectivity index (χ0v) is 18.9. The van der Waals surface area contributed by atoms with Gasteiger partial charge in [0.25, 0.3) is 0 Å². The van der Waals surface area contributed by atoms with Crippen molar-refractivity contribution in [3.05, 3.63) is 35.3 Å². The molecule has 0 aliphatic carbocycles. The average molecular weight is 429 g/mol. The Hall–Kier alpha value is -2.67. The average Bonchev–Trinajstić information content (AvgIpc) is 3.04. The molecule has 0 aliphatic heterocycles. The number of nitrogens with zero attached hydrogens (tertiary/aromatic N) is 1. The number of thiophene rings is 1. The van der Waals surface area contributed by atoms with Gasteiger partial charge >= 0.3 is 11.9 Å². The molecular formula is C23H28N2O4S. The first-order valence-electron chi connectivity index (χ1n) is 10.1. The molecule has 6 nitrogen and oxygen atoms in total. The summed E-state index contributed by atoms with van der Waals surface area (Å²) < 4.78 is 11.7. The van der Waals surface area contributed by atoms with E-state index in [0.29, 0.717) is 24.4 Å². The van der Waals surface area contributed by atoms with E-state index in [9.17, 15) is 9.59 Å². The van der Waals surface area contributed by atoms with Crippen LogP contribution in [0.1, 0.15) is 50.7 Å². The smallest absolute Gasteiger partial charge is 0.350 e. The fraction of sp³-hybridized carbons (Fsp3) is 0.435. The number of ether oxygens (including phenoxy) is 2. The molecule has 3 aromatic rings. The van der Waals surface area contributed by atoms with Gasteiger partial charge in [0.05, 0.1) is 17.8 Å². The number of aromatic nitrogens is 1. The van der Waals surface area contributed by atoms with E-state index >= 15 is 0 Å². The summed E-state index contributed by atoms with van der Waals surface area (Å²) in [5.74, 6) is -0.553. The minimum absolute atomic E-state index is 0.0259. The van der Waals surface area contributed by atoms with Gasteiger partial charge in [-0.3, -0.25) is 9.78 Å². The van der Waals surface area contributed by atoms with Crippen LogP contribution in [0.25, 0.3) is 21.0 Å². The maximum Gasteiger partial charge on any atom is 0.350 e. The molecule has 1 atom stereocenters. The van der Waals surface area contributed by atoms with Gasteiger partial charge in [-0.2, -0.15) is 0 Å². The van der Waals surface area contributed by atoms with Gasteiger partial charge in [-0.15, -0.1) is 11.3 Å². The molecule has 0 aliphatic rings. The van der Waals surface area contributed by atoms with Crippen LogP contribution in [0.3, 0.4) is 0 Å². The molecule has 3 rings (SSSR count).